The van der Waals surface area contributed by atoms with Crippen LogP contribution in [0.4, 0.5) is 0 Å². The van der Waals surface area contributed by atoms with Gasteiger partial charge in [0.1, 0.15) is 11.7 Å². The first-order valence-corrected chi connectivity index (χ1v) is 8.83. The third-order valence-corrected chi connectivity index (χ3v) is 5.68. The minimum Gasteiger partial charge on any atom is -0.480 e. The van der Waals surface area contributed by atoms with Gasteiger partial charge in [-0.3, -0.25) is 14.5 Å². The van der Waals surface area contributed by atoms with Crippen LogP contribution in [0, 0.1) is 5.41 Å². The number of hydrogen-bond donors (Lipinski definition) is 1. The minimum absolute atomic E-state index is 0.0587. The van der Waals surface area contributed by atoms with Gasteiger partial charge in [0.05, 0.1) is 0 Å². The van der Waals surface area contributed by atoms with Crippen LogP contribution in [0.1, 0.15) is 43.1 Å². The summed E-state index contributed by atoms with van der Waals surface area (Å²) >= 11 is 0. The second-order valence-corrected chi connectivity index (χ2v) is 7.33. The largest absolute Gasteiger partial charge is 0.480 e. The van der Waals surface area contributed by atoms with Crippen LogP contribution in [0.5, 0.6) is 0 Å². The van der Waals surface area contributed by atoms with Crippen LogP contribution in [0.15, 0.2) is 18.3 Å². The Kier molecular flexibility index (Phi) is 4.67. The molecule has 2 saturated heterocycles. The number of aromatic nitrogens is 1. The number of carboxylic acids is 1. The molecule has 0 aliphatic carbocycles. The van der Waals surface area contributed by atoms with Crippen LogP contribution < -0.4 is 0 Å². The molecule has 24 heavy (non-hydrogen) atoms. The van der Waals surface area contributed by atoms with E-state index in [1.165, 1.54) is 0 Å². The van der Waals surface area contributed by atoms with Crippen molar-refractivity contribution in [3.8, 4) is 0 Å². The molecule has 0 aromatic carbocycles. The van der Waals surface area contributed by atoms with E-state index in [1.807, 2.05) is 34.8 Å². The lowest BCUT2D eigenvalue weighted by Gasteiger charge is -2.39. The van der Waals surface area contributed by atoms with Gasteiger partial charge in [0.15, 0.2) is 0 Å². The number of carbonyl (C=O) groups is 2. The smallest absolute Gasteiger partial charge is 0.320 e. The number of aliphatic carboxylic acids is 1. The molecular formula is C18H27N3O3. The van der Waals surface area contributed by atoms with Crippen LogP contribution >= 0.6 is 0 Å². The summed E-state index contributed by atoms with van der Waals surface area (Å²) in [6.07, 6.45) is 5.36. The molecule has 0 saturated carbocycles. The minimum atomic E-state index is -0.706. The molecule has 1 N–H and O–H groups in total. The van der Waals surface area contributed by atoms with Gasteiger partial charge in [-0.2, -0.15) is 0 Å². The lowest BCUT2D eigenvalue weighted by Crippen LogP contribution is -2.44. The first-order chi connectivity index (χ1) is 11.5. The number of rotatable bonds is 4. The highest BCUT2D eigenvalue weighted by Gasteiger charge is 2.48. The molecule has 3 rings (SSSR count). The monoisotopic (exact) mass is 333 g/mol. The molecule has 132 valence electrons. The van der Waals surface area contributed by atoms with Gasteiger partial charge in [-0.25, -0.2) is 0 Å². The summed E-state index contributed by atoms with van der Waals surface area (Å²) in [5.74, 6) is -0.627. The van der Waals surface area contributed by atoms with Gasteiger partial charge in [-0.15, -0.1) is 0 Å². The van der Waals surface area contributed by atoms with Crippen molar-refractivity contribution in [1.29, 1.82) is 0 Å². The molecule has 1 aromatic rings. The molecule has 1 amide bonds. The number of carbonyl (C=O) groups excluding carboxylic acids is 1. The first kappa shape index (κ1) is 17.0. The maximum absolute atomic E-state index is 12.6. The number of hydrogen-bond acceptors (Lipinski definition) is 3. The zero-order valence-electron chi connectivity index (χ0n) is 14.6. The van der Waals surface area contributed by atoms with E-state index in [0.717, 1.165) is 45.4 Å². The molecule has 2 aliphatic heterocycles. The van der Waals surface area contributed by atoms with Crippen molar-refractivity contribution in [1.82, 2.24) is 14.4 Å². The summed E-state index contributed by atoms with van der Waals surface area (Å²) in [4.78, 5) is 28.2. The summed E-state index contributed by atoms with van der Waals surface area (Å²) in [6, 6.07) is 3.38. The van der Waals surface area contributed by atoms with E-state index in [0.29, 0.717) is 12.1 Å². The van der Waals surface area contributed by atoms with Gasteiger partial charge in [0, 0.05) is 32.9 Å². The second kappa shape index (κ2) is 6.59. The molecule has 0 bridgehead atoms. The number of amides is 1. The summed E-state index contributed by atoms with van der Waals surface area (Å²) < 4.78 is 1.85. The molecule has 1 atom stereocenters. The average molecular weight is 333 g/mol. The molecule has 1 spiro atoms. The highest BCUT2D eigenvalue weighted by atomic mass is 16.4. The lowest BCUT2D eigenvalue weighted by molar-refractivity contribution is -0.142. The molecule has 1 unspecified atom stereocenters. The van der Waals surface area contributed by atoms with E-state index >= 15 is 0 Å². The summed E-state index contributed by atoms with van der Waals surface area (Å²) in [5.41, 5.74) is 0.775. The summed E-state index contributed by atoms with van der Waals surface area (Å²) in [5, 5.41) is 9.51. The Labute approximate surface area is 143 Å². The Morgan fingerprint density at radius 2 is 2.04 bits per heavy atom. The zero-order chi connectivity index (χ0) is 17.3. The van der Waals surface area contributed by atoms with Gasteiger partial charge >= 0.3 is 5.97 Å². The molecule has 2 aliphatic rings. The lowest BCUT2D eigenvalue weighted by atomic mass is 9.76. The van der Waals surface area contributed by atoms with Crippen molar-refractivity contribution in [3.63, 3.8) is 0 Å². The highest BCUT2D eigenvalue weighted by Crippen LogP contribution is 2.43. The third kappa shape index (κ3) is 3.07. The van der Waals surface area contributed by atoms with Gasteiger partial charge in [-0.05, 0) is 49.8 Å². The third-order valence-electron chi connectivity index (χ3n) is 5.68. The van der Waals surface area contributed by atoms with Crippen LogP contribution in [-0.4, -0.2) is 63.6 Å². The number of aryl methyl sites for hydroxylation is 1. The first-order valence-electron chi connectivity index (χ1n) is 8.83. The topological polar surface area (TPSA) is 65.8 Å². The van der Waals surface area contributed by atoms with Crippen molar-refractivity contribution in [2.24, 2.45) is 12.5 Å². The molecule has 0 radical (unpaired) electrons. The van der Waals surface area contributed by atoms with E-state index in [9.17, 15) is 14.7 Å². The zero-order valence-corrected chi connectivity index (χ0v) is 14.6. The maximum Gasteiger partial charge on any atom is 0.320 e. The molecule has 6 nitrogen and oxygen atoms in total. The average Bonchev–Trinajstić information content (AvgIpc) is 3.12. The van der Waals surface area contributed by atoms with E-state index in [2.05, 4.69) is 11.8 Å². The van der Waals surface area contributed by atoms with Crippen molar-refractivity contribution in [2.75, 3.05) is 26.2 Å². The Morgan fingerprint density at radius 3 is 2.58 bits per heavy atom. The fraction of sp³-hybridized carbons (Fsp3) is 0.667. The van der Waals surface area contributed by atoms with Crippen LogP contribution in [0.25, 0.3) is 0 Å². The van der Waals surface area contributed by atoms with E-state index in [-0.39, 0.29) is 17.4 Å². The Bertz CT molecular complexity index is 617. The van der Waals surface area contributed by atoms with Gasteiger partial charge in [-0.1, -0.05) is 6.92 Å². The van der Waals surface area contributed by atoms with Crippen molar-refractivity contribution >= 4 is 11.9 Å². The van der Waals surface area contributed by atoms with Gasteiger partial charge in [0.25, 0.3) is 5.91 Å². The van der Waals surface area contributed by atoms with E-state index in [1.54, 1.807) is 0 Å². The Hall–Kier alpha value is -1.82. The van der Waals surface area contributed by atoms with Gasteiger partial charge < -0.3 is 14.6 Å². The Morgan fingerprint density at radius 1 is 1.33 bits per heavy atom. The number of piperidine rings is 1. The SMILES string of the molecule is CCCN1CC2(CCN(C(=O)c3cccn3C)CC2)CC1C(=O)O. The fourth-order valence-corrected chi connectivity index (χ4v) is 4.30. The Balaban J connectivity index is 1.65. The van der Waals surface area contributed by atoms with Gasteiger partial charge in [0.2, 0.25) is 0 Å². The molecular weight excluding hydrogens is 306 g/mol. The maximum atomic E-state index is 12.6. The normalized spacial score (nSPS) is 23.8. The number of carboxylic acid groups (broad SMARTS) is 1. The van der Waals surface area contributed by atoms with Crippen molar-refractivity contribution < 1.29 is 14.7 Å². The second-order valence-electron chi connectivity index (χ2n) is 7.33. The predicted octanol–water partition coefficient (Wildman–Crippen LogP) is 1.82. The fourth-order valence-electron chi connectivity index (χ4n) is 4.30. The van der Waals surface area contributed by atoms with Crippen molar-refractivity contribution in [3.05, 3.63) is 24.0 Å². The number of likely N-dealkylation sites (tertiary alicyclic amines) is 2. The molecule has 2 fully saturated rings. The van der Waals surface area contributed by atoms with E-state index < -0.39 is 5.97 Å². The van der Waals surface area contributed by atoms with Crippen LogP contribution in [0.3, 0.4) is 0 Å². The highest BCUT2D eigenvalue weighted by molar-refractivity contribution is 5.92. The van der Waals surface area contributed by atoms with E-state index in [4.69, 9.17) is 0 Å². The van der Waals surface area contributed by atoms with Crippen LogP contribution in [0.2, 0.25) is 0 Å². The number of nitrogens with zero attached hydrogens (tertiary/aromatic N) is 3. The van der Waals surface area contributed by atoms with Crippen molar-refractivity contribution in [2.45, 2.75) is 38.6 Å². The quantitative estimate of drug-likeness (QED) is 0.913. The van der Waals surface area contributed by atoms with Crippen LogP contribution in [-0.2, 0) is 11.8 Å². The standard InChI is InChI=1S/C18H27N3O3/c1-3-8-21-13-18(12-15(21)17(23)24)6-10-20(11-7-18)16(22)14-5-4-9-19(14)2/h4-5,9,15H,3,6-8,10-13H2,1-2H3,(H,23,24). The molecule has 1 aromatic heterocycles. The summed E-state index contributed by atoms with van der Waals surface area (Å²) in [6.45, 7) is 5.21. The predicted molar refractivity (Wildman–Crippen MR) is 90.9 cm³/mol. The summed E-state index contributed by atoms with van der Waals surface area (Å²) in [7, 11) is 1.88. The molecule has 6 heteroatoms. The molecule has 3 heterocycles.